The number of carbonyl (C=O) groups is 1. The van der Waals surface area contributed by atoms with E-state index in [4.69, 9.17) is 11.2 Å². The van der Waals surface area contributed by atoms with E-state index in [1.165, 1.54) is 0 Å². The fourth-order valence-electron chi connectivity index (χ4n) is 2.02. The lowest BCUT2D eigenvalue weighted by Gasteiger charge is -2.01. The molecule has 0 bridgehead atoms. The van der Waals surface area contributed by atoms with E-state index in [0.717, 1.165) is 21.2 Å². The molecule has 22 heavy (non-hydrogen) atoms. The van der Waals surface area contributed by atoms with Crippen molar-refractivity contribution in [3.8, 4) is 0 Å². The van der Waals surface area contributed by atoms with E-state index in [1.54, 1.807) is 10.8 Å². The van der Waals surface area contributed by atoms with E-state index in [-0.39, 0.29) is 5.78 Å². The molecule has 0 saturated heterocycles. The third-order valence-electron chi connectivity index (χ3n) is 3.09. The molecule has 1 heterocycles. The Morgan fingerprint density at radius 2 is 1.68 bits per heavy atom. The Bertz CT molecular complexity index is 767. The Balaban J connectivity index is 1.77. The van der Waals surface area contributed by atoms with Crippen LogP contribution in [0.1, 0.15) is 16.8 Å². The molecule has 2 aromatic carbocycles. The monoisotopic (exact) mass is 343 g/mol. The minimum absolute atomic E-state index is 0.107. The molecule has 2 aromatic rings. The summed E-state index contributed by atoms with van der Waals surface area (Å²) in [5.41, 5.74) is 1.64. The molecule has 0 spiro atoms. The topological polar surface area (TPSA) is 29.4 Å². The Kier molecular flexibility index (Phi) is 4.97. The van der Waals surface area contributed by atoms with Crippen molar-refractivity contribution < 1.29 is 4.79 Å². The summed E-state index contributed by atoms with van der Waals surface area (Å²) in [6, 6.07) is 19.1. The minimum atomic E-state index is -0.399. The third-order valence-corrected chi connectivity index (χ3v) is 7.17. The number of ketones is 1. The lowest BCUT2D eigenvalue weighted by molar-refractivity contribution is 0.0995. The van der Waals surface area contributed by atoms with Crippen LogP contribution in [0.25, 0.3) is 0 Å². The van der Waals surface area contributed by atoms with E-state index in [1.807, 2.05) is 66.7 Å². The molecule has 110 valence electrons. The van der Waals surface area contributed by atoms with Crippen molar-refractivity contribution in [2.24, 2.45) is 4.99 Å². The summed E-state index contributed by atoms with van der Waals surface area (Å²) < 4.78 is 0. The predicted octanol–water partition coefficient (Wildman–Crippen LogP) is 4.62. The van der Waals surface area contributed by atoms with Crippen LogP contribution in [0.5, 0.6) is 0 Å². The average Bonchev–Trinajstić information content (AvgIpc) is 2.88. The predicted molar refractivity (Wildman–Crippen MR) is 99.3 cm³/mol. The van der Waals surface area contributed by atoms with Gasteiger partial charge in [0.05, 0.1) is 5.69 Å². The third kappa shape index (κ3) is 3.80. The lowest BCUT2D eigenvalue weighted by atomic mass is 10.1. The maximum Gasteiger partial charge on any atom is 0.167 e. The van der Waals surface area contributed by atoms with Crippen LogP contribution in [0, 0.1) is 0 Å². The molecule has 0 saturated carbocycles. The first-order chi connectivity index (χ1) is 10.7. The SMILES string of the molecule is O=C(CC1=CC(=Nc2ccccc2)SS1=S)c1ccccc1. The molecule has 0 aliphatic carbocycles. The van der Waals surface area contributed by atoms with Gasteiger partial charge in [-0.05, 0) is 48.7 Å². The summed E-state index contributed by atoms with van der Waals surface area (Å²) in [5, 5.41) is 0.889. The summed E-state index contributed by atoms with van der Waals surface area (Å²) in [5.74, 6) is 0.107. The smallest absolute Gasteiger partial charge is 0.167 e. The van der Waals surface area contributed by atoms with Crippen LogP contribution in [-0.4, -0.2) is 10.8 Å². The number of carbonyl (C=O) groups excluding carboxylic acids is 1. The maximum absolute atomic E-state index is 12.3. The van der Waals surface area contributed by atoms with Gasteiger partial charge in [-0.1, -0.05) is 48.5 Å². The van der Waals surface area contributed by atoms with Gasteiger partial charge in [-0.15, -0.1) is 0 Å². The molecule has 1 atom stereocenters. The Morgan fingerprint density at radius 1 is 1.05 bits per heavy atom. The van der Waals surface area contributed by atoms with Crippen LogP contribution < -0.4 is 0 Å². The van der Waals surface area contributed by atoms with E-state index in [2.05, 4.69) is 4.99 Å². The van der Waals surface area contributed by atoms with Gasteiger partial charge >= 0.3 is 0 Å². The molecule has 5 heteroatoms. The summed E-state index contributed by atoms with van der Waals surface area (Å²) in [7, 11) is 1.15. The molecule has 1 aliphatic heterocycles. The molecule has 1 aliphatic rings. The van der Waals surface area contributed by atoms with Crippen LogP contribution in [0.15, 0.2) is 76.6 Å². The standard InChI is InChI=1S/C17H13NOS3/c19-16(13-7-3-1-4-8-13)11-15-12-17(21-22(15)20)18-14-9-5-2-6-10-14/h1-10,12H,11H2. The highest BCUT2D eigenvalue weighted by Gasteiger charge is 2.20. The van der Waals surface area contributed by atoms with Crippen molar-refractivity contribution >= 4 is 47.0 Å². The molecular weight excluding hydrogens is 330 g/mol. The zero-order valence-corrected chi connectivity index (χ0v) is 14.1. The van der Waals surface area contributed by atoms with E-state index in [9.17, 15) is 4.79 Å². The van der Waals surface area contributed by atoms with Gasteiger partial charge in [0.1, 0.15) is 5.04 Å². The second-order valence-corrected chi connectivity index (χ2v) is 9.39. The number of nitrogens with zero attached hydrogens (tertiary/aromatic N) is 1. The van der Waals surface area contributed by atoms with E-state index < -0.39 is 8.49 Å². The zero-order valence-electron chi connectivity index (χ0n) is 11.6. The Morgan fingerprint density at radius 3 is 2.36 bits per heavy atom. The first kappa shape index (κ1) is 15.3. The lowest BCUT2D eigenvalue weighted by Crippen LogP contribution is -2.00. The van der Waals surface area contributed by atoms with E-state index in [0.29, 0.717) is 6.42 Å². The van der Waals surface area contributed by atoms with Gasteiger partial charge in [-0.3, -0.25) is 4.79 Å². The van der Waals surface area contributed by atoms with Crippen LogP contribution in [0.4, 0.5) is 5.69 Å². The molecule has 3 rings (SSSR count). The number of rotatable bonds is 4. The summed E-state index contributed by atoms with van der Waals surface area (Å²) in [6.45, 7) is 0. The first-order valence-electron chi connectivity index (χ1n) is 6.75. The number of aliphatic imine (C=N–C) groups is 1. The average molecular weight is 343 g/mol. The van der Waals surface area contributed by atoms with Crippen molar-refractivity contribution in [3.05, 3.63) is 77.2 Å². The summed E-state index contributed by atoms with van der Waals surface area (Å²) in [4.78, 5) is 17.8. The highest BCUT2D eigenvalue weighted by Crippen LogP contribution is 2.32. The molecule has 0 amide bonds. The molecule has 0 radical (unpaired) electrons. The second-order valence-electron chi connectivity index (χ2n) is 4.68. The van der Waals surface area contributed by atoms with Crippen LogP contribution in [-0.2, 0) is 19.7 Å². The Hall–Kier alpha value is -1.56. The van der Waals surface area contributed by atoms with Crippen molar-refractivity contribution in [2.45, 2.75) is 6.42 Å². The number of hydrogen-bond acceptors (Lipinski definition) is 4. The van der Waals surface area contributed by atoms with Gasteiger partial charge in [0.25, 0.3) is 0 Å². The zero-order chi connectivity index (χ0) is 15.4. The van der Waals surface area contributed by atoms with Gasteiger partial charge in [-0.25, -0.2) is 4.99 Å². The fraction of sp³-hybridized carbons (Fsp3) is 0.0588. The van der Waals surface area contributed by atoms with Crippen LogP contribution in [0.3, 0.4) is 0 Å². The number of allylic oxidation sites excluding steroid dienone is 1. The van der Waals surface area contributed by atoms with Gasteiger partial charge in [0, 0.05) is 16.9 Å². The second kappa shape index (κ2) is 7.13. The molecule has 1 unspecified atom stereocenters. The maximum atomic E-state index is 12.3. The van der Waals surface area contributed by atoms with E-state index >= 15 is 0 Å². The van der Waals surface area contributed by atoms with Crippen molar-refractivity contribution in [1.82, 2.24) is 0 Å². The van der Waals surface area contributed by atoms with Gasteiger partial charge in [-0.2, -0.15) is 0 Å². The van der Waals surface area contributed by atoms with Crippen molar-refractivity contribution in [1.29, 1.82) is 0 Å². The van der Waals surface area contributed by atoms with Crippen molar-refractivity contribution in [2.75, 3.05) is 0 Å². The molecule has 0 fully saturated rings. The number of Topliss-reactive ketones (excluding diaryl/α,β-unsaturated/α-hetero) is 1. The van der Waals surface area contributed by atoms with Crippen molar-refractivity contribution in [3.63, 3.8) is 0 Å². The first-order valence-corrected chi connectivity index (χ1v) is 10.2. The highest BCUT2D eigenvalue weighted by molar-refractivity contribution is 8.89. The molecule has 0 aromatic heterocycles. The summed E-state index contributed by atoms with van der Waals surface area (Å²) >= 11 is 5.47. The largest absolute Gasteiger partial charge is 0.294 e. The normalized spacial score (nSPS) is 19.2. The Labute approximate surface area is 140 Å². The number of para-hydroxylation sites is 1. The van der Waals surface area contributed by atoms with Crippen LogP contribution in [0.2, 0.25) is 0 Å². The number of hydrogen-bond donors (Lipinski definition) is 0. The van der Waals surface area contributed by atoms with Gasteiger partial charge in [0.15, 0.2) is 5.78 Å². The summed E-state index contributed by atoms with van der Waals surface area (Å²) in [6.07, 6.45) is 2.34. The van der Waals surface area contributed by atoms with Gasteiger partial charge in [0.2, 0.25) is 0 Å². The fourth-order valence-corrected chi connectivity index (χ4v) is 5.45. The highest BCUT2D eigenvalue weighted by atomic mass is 33.3. The quantitative estimate of drug-likeness (QED) is 0.599. The molecule has 2 nitrogen and oxygen atoms in total. The molecule has 0 N–H and O–H groups in total. The minimum Gasteiger partial charge on any atom is -0.294 e. The van der Waals surface area contributed by atoms with Crippen LogP contribution >= 0.6 is 10.8 Å². The van der Waals surface area contributed by atoms with Gasteiger partial charge < -0.3 is 0 Å². The number of benzene rings is 2. The molecular formula is C17H13NOS3.